The van der Waals surface area contributed by atoms with E-state index >= 15 is 0 Å². The monoisotopic (exact) mass is 319 g/mol. The fourth-order valence-corrected chi connectivity index (χ4v) is 2.86. The fraction of sp³-hybridized carbons (Fsp3) is 0.571. The maximum Gasteiger partial charge on any atom is 0.240 e. The summed E-state index contributed by atoms with van der Waals surface area (Å²) in [5, 5.41) is 9.50. The molecule has 0 aliphatic carbocycles. The summed E-state index contributed by atoms with van der Waals surface area (Å²) in [6, 6.07) is 4.31. The number of hydrogen-bond acceptors (Lipinski definition) is 3. The molecule has 20 heavy (non-hydrogen) atoms. The minimum absolute atomic E-state index is 0.116. The van der Waals surface area contributed by atoms with E-state index in [1.807, 2.05) is 13.8 Å². The molecule has 1 aromatic rings. The highest BCUT2D eigenvalue weighted by Gasteiger charge is 2.25. The van der Waals surface area contributed by atoms with E-state index in [-0.39, 0.29) is 16.9 Å². The molecule has 0 atom stereocenters. The summed E-state index contributed by atoms with van der Waals surface area (Å²) in [6.07, 6.45) is 0. The Bertz CT molecular complexity index is 568. The van der Waals surface area contributed by atoms with Gasteiger partial charge in [-0.15, -0.1) is 0 Å². The van der Waals surface area contributed by atoms with Crippen molar-refractivity contribution in [2.75, 3.05) is 6.54 Å². The van der Waals surface area contributed by atoms with Crippen LogP contribution in [0.15, 0.2) is 23.1 Å². The molecule has 2 N–H and O–H groups in total. The van der Waals surface area contributed by atoms with Gasteiger partial charge < -0.3 is 5.11 Å². The molecule has 0 saturated carbocycles. The van der Waals surface area contributed by atoms with Gasteiger partial charge in [0.15, 0.2) is 0 Å². The lowest BCUT2D eigenvalue weighted by Gasteiger charge is -2.29. The van der Waals surface area contributed by atoms with Gasteiger partial charge in [0.05, 0.1) is 11.5 Å². The van der Waals surface area contributed by atoms with Gasteiger partial charge in [-0.1, -0.05) is 39.3 Å². The lowest BCUT2D eigenvalue weighted by atomic mass is 9.81. The van der Waals surface area contributed by atoms with Crippen LogP contribution in [0, 0.1) is 11.3 Å². The maximum atomic E-state index is 12.2. The smallest absolute Gasteiger partial charge is 0.240 e. The van der Waals surface area contributed by atoms with Gasteiger partial charge in [-0.3, -0.25) is 0 Å². The molecule has 0 aromatic heterocycles. The summed E-state index contributed by atoms with van der Waals surface area (Å²) in [5.41, 5.74) is 0.261. The van der Waals surface area contributed by atoms with Gasteiger partial charge in [-0.25, -0.2) is 13.1 Å². The fourth-order valence-electron chi connectivity index (χ4n) is 1.41. The maximum absolute atomic E-state index is 12.2. The first kappa shape index (κ1) is 17.4. The van der Waals surface area contributed by atoms with E-state index in [4.69, 9.17) is 16.7 Å². The second-order valence-corrected chi connectivity index (χ2v) is 8.05. The lowest BCUT2D eigenvalue weighted by molar-refractivity contribution is 0.252. The standard InChI is InChI=1S/C14H22ClNO3S/c1-10(2)14(3,4)9-16-20(18,19)12-5-6-13(15)11(7-12)8-17/h5-7,10,16-17H,8-9H2,1-4H3. The van der Waals surface area contributed by atoms with Gasteiger partial charge >= 0.3 is 0 Å². The number of aliphatic hydroxyl groups is 1. The molecule has 0 aliphatic rings. The Labute approximate surface area is 126 Å². The zero-order valence-electron chi connectivity index (χ0n) is 12.3. The molecule has 6 heteroatoms. The van der Waals surface area contributed by atoms with Crippen molar-refractivity contribution in [2.24, 2.45) is 11.3 Å². The van der Waals surface area contributed by atoms with Crippen LogP contribution >= 0.6 is 11.6 Å². The van der Waals surface area contributed by atoms with Crippen LogP contribution < -0.4 is 4.72 Å². The Morgan fingerprint density at radius 3 is 2.45 bits per heavy atom. The Morgan fingerprint density at radius 2 is 1.95 bits per heavy atom. The number of aliphatic hydroxyl groups excluding tert-OH is 1. The number of hydrogen-bond donors (Lipinski definition) is 2. The van der Waals surface area contributed by atoms with Crippen LogP contribution in [0.2, 0.25) is 5.02 Å². The van der Waals surface area contributed by atoms with Crippen LogP contribution in [0.5, 0.6) is 0 Å². The van der Waals surface area contributed by atoms with Gasteiger partial charge in [-0.2, -0.15) is 0 Å². The van der Waals surface area contributed by atoms with Crippen molar-refractivity contribution < 1.29 is 13.5 Å². The highest BCUT2D eigenvalue weighted by molar-refractivity contribution is 7.89. The van der Waals surface area contributed by atoms with Crippen LogP contribution in [0.1, 0.15) is 33.3 Å². The van der Waals surface area contributed by atoms with Crippen LogP contribution in [0.3, 0.4) is 0 Å². The third kappa shape index (κ3) is 4.19. The second-order valence-electron chi connectivity index (χ2n) is 5.88. The van der Waals surface area contributed by atoms with E-state index in [1.54, 1.807) is 0 Å². The van der Waals surface area contributed by atoms with Crippen molar-refractivity contribution in [3.05, 3.63) is 28.8 Å². The Kier molecular flexibility index (Phi) is 5.61. The molecule has 0 spiro atoms. The lowest BCUT2D eigenvalue weighted by Crippen LogP contribution is -2.37. The molecule has 0 bridgehead atoms. The van der Waals surface area contributed by atoms with E-state index in [2.05, 4.69) is 18.6 Å². The molecule has 0 amide bonds. The van der Waals surface area contributed by atoms with Crippen LogP contribution in [0.4, 0.5) is 0 Å². The van der Waals surface area contributed by atoms with E-state index in [1.165, 1.54) is 18.2 Å². The molecular weight excluding hydrogens is 298 g/mol. The highest BCUT2D eigenvalue weighted by Crippen LogP contribution is 2.26. The molecule has 1 aromatic carbocycles. The molecule has 0 radical (unpaired) electrons. The number of nitrogens with one attached hydrogen (secondary N) is 1. The van der Waals surface area contributed by atoms with Crippen molar-refractivity contribution in [3.8, 4) is 0 Å². The molecule has 0 aliphatic heterocycles. The molecule has 0 heterocycles. The topological polar surface area (TPSA) is 66.4 Å². The second kappa shape index (κ2) is 6.43. The highest BCUT2D eigenvalue weighted by atomic mass is 35.5. The van der Waals surface area contributed by atoms with Crippen molar-refractivity contribution >= 4 is 21.6 Å². The summed E-state index contributed by atoms with van der Waals surface area (Å²) in [5.74, 6) is 0.350. The predicted molar refractivity (Wildman–Crippen MR) is 81.2 cm³/mol. The van der Waals surface area contributed by atoms with E-state index in [0.29, 0.717) is 23.0 Å². The number of halogens is 1. The van der Waals surface area contributed by atoms with Gasteiger partial charge in [0, 0.05) is 11.6 Å². The molecule has 4 nitrogen and oxygen atoms in total. The molecular formula is C14H22ClNO3S. The summed E-state index contributed by atoms with van der Waals surface area (Å²) in [7, 11) is -3.60. The number of benzene rings is 1. The Balaban J connectivity index is 2.95. The summed E-state index contributed by atoms with van der Waals surface area (Å²) in [6.45, 7) is 8.20. The predicted octanol–water partition coefficient (Wildman–Crippen LogP) is 2.79. The minimum atomic E-state index is -3.60. The Morgan fingerprint density at radius 1 is 1.35 bits per heavy atom. The van der Waals surface area contributed by atoms with Gasteiger partial charge in [0.2, 0.25) is 10.0 Å². The minimum Gasteiger partial charge on any atom is -0.392 e. The molecule has 0 saturated heterocycles. The van der Waals surface area contributed by atoms with E-state index < -0.39 is 10.0 Å². The number of sulfonamides is 1. The summed E-state index contributed by atoms with van der Waals surface area (Å²) in [4.78, 5) is 0.116. The third-order valence-corrected chi connectivity index (χ3v) is 5.55. The number of rotatable bonds is 6. The van der Waals surface area contributed by atoms with Crippen LogP contribution in [-0.4, -0.2) is 20.1 Å². The van der Waals surface area contributed by atoms with E-state index in [0.717, 1.165) is 0 Å². The van der Waals surface area contributed by atoms with E-state index in [9.17, 15) is 8.42 Å². The largest absolute Gasteiger partial charge is 0.392 e. The summed E-state index contributed by atoms with van der Waals surface area (Å²) < 4.78 is 27.1. The van der Waals surface area contributed by atoms with Crippen molar-refractivity contribution in [1.29, 1.82) is 0 Å². The summed E-state index contributed by atoms with van der Waals surface area (Å²) >= 11 is 5.86. The zero-order valence-corrected chi connectivity index (χ0v) is 13.8. The SMILES string of the molecule is CC(C)C(C)(C)CNS(=O)(=O)c1ccc(Cl)c(CO)c1. The molecule has 0 fully saturated rings. The zero-order chi connectivity index (χ0) is 15.6. The average Bonchev–Trinajstić information content (AvgIpc) is 2.37. The van der Waals surface area contributed by atoms with Crippen molar-refractivity contribution in [1.82, 2.24) is 4.72 Å². The molecule has 0 unspecified atom stereocenters. The first-order valence-electron chi connectivity index (χ1n) is 6.49. The first-order valence-corrected chi connectivity index (χ1v) is 8.35. The normalized spacial score (nSPS) is 12.9. The quantitative estimate of drug-likeness (QED) is 0.847. The van der Waals surface area contributed by atoms with Gasteiger partial charge in [0.25, 0.3) is 0 Å². The van der Waals surface area contributed by atoms with Crippen molar-refractivity contribution in [3.63, 3.8) is 0 Å². The average molecular weight is 320 g/mol. The van der Waals surface area contributed by atoms with Crippen LogP contribution in [-0.2, 0) is 16.6 Å². The van der Waals surface area contributed by atoms with Crippen molar-refractivity contribution in [2.45, 2.75) is 39.2 Å². The van der Waals surface area contributed by atoms with Gasteiger partial charge in [-0.05, 0) is 35.1 Å². The molecule has 1 rings (SSSR count). The molecule has 114 valence electrons. The first-order chi connectivity index (χ1) is 9.10. The van der Waals surface area contributed by atoms with Crippen LogP contribution in [0.25, 0.3) is 0 Å². The Hall–Kier alpha value is -0.620. The third-order valence-electron chi connectivity index (χ3n) is 3.78. The van der Waals surface area contributed by atoms with Gasteiger partial charge in [0.1, 0.15) is 0 Å².